The summed E-state index contributed by atoms with van der Waals surface area (Å²) in [6.45, 7) is 1.99. The van der Waals surface area contributed by atoms with E-state index in [9.17, 15) is 5.11 Å². The molecule has 4 aromatic rings. The highest BCUT2D eigenvalue weighted by Crippen LogP contribution is 2.47. The third kappa shape index (κ3) is 2.72. The zero-order valence-corrected chi connectivity index (χ0v) is 15.8. The molecule has 0 radical (unpaired) electrons. The van der Waals surface area contributed by atoms with Crippen LogP contribution in [-0.2, 0) is 0 Å². The number of benzene rings is 1. The summed E-state index contributed by atoms with van der Waals surface area (Å²) in [6.07, 6.45) is 6.90. The summed E-state index contributed by atoms with van der Waals surface area (Å²) >= 11 is 1.71. The topological polar surface area (TPSA) is 77.5 Å². The van der Waals surface area contributed by atoms with E-state index in [0.717, 1.165) is 27.5 Å². The van der Waals surface area contributed by atoms with Crippen LogP contribution in [0.4, 0.5) is 0 Å². The molecule has 0 amide bonds. The minimum Gasteiger partial charge on any atom is -0.497 e. The number of aryl methyl sites for hydroxylation is 1. The second kappa shape index (κ2) is 6.17. The molecule has 7 nitrogen and oxygen atoms in total. The van der Waals surface area contributed by atoms with Crippen LogP contribution in [0, 0.1) is 6.92 Å². The lowest BCUT2D eigenvalue weighted by Gasteiger charge is -2.10. The highest BCUT2D eigenvalue weighted by atomic mass is 32.1. The summed E-state index contributed by atoms with van der Waals surface area (Å²) in [5.74, 6) is 1.34. The minimum atomic E-state index is -0.837. The van der Waals surface area contributed by atoms with E-state index in [1.807, 2.05) is 35.7 Å². The number of fused-ring (bicyclic) bond motifs is 1. The van der Waals surface area contributed by atoms with Gasteiger partial charge >= 0.3 is 0 Å². The molecule has 0 spiro atoms. The fourth-order valence-corrected chi connectivity index (χ4v) is 4.70. The number of aliphatic hydroxyl groups excluding tert-OH is 1. The predicted octanol–water partition coefficient (Wildman–Crippen LogP) is 3.25. The van der Waals surface area contributed by atoms with E-state index in [1.54, 1.807) is 35.7 Å². The Kier molecular flexibility index (Phi) is 3.76. The zero-order chi connectivity index (χ0) is 18.5. The average Bonchev–Trinajstić information content (AvgIpc) is 3.07. The molecule has 1 saturated carbocycles. The molecule has 1 aliphatic rings. The molecule has 0 bridgehead atoms. The number of thiazole rings is 1. The van der Waals surface area contributed by atoms with Crippen LogP contribution in [-0.4, -0.2) is 36.6 Å². The highest BCUT2D eigenvalue weighted by Gasteiger charge is 2.33. The van der Waals surface area contributed by atoms with Crippen LogP contribution in [0.25, 0.3) is 10.5 Å². The van der Waals surface area contributed by atoms with Crippen molar-refractivity contribution in [2.75, 3.05) is 7.11 Å². The molecule has 138 valence electrons. The smallest absolute Gasteiger partial charge is 0.141 e. The predicted molar refractivity (Wildman–Crippen MR) is 102 cm³/mol. The maximum Gasteiger partial charge on any atom is 0.141 e. The first-order valence-electron chi connectivity index (χ1n) is 8.85. The van der Waals surface area contributed by atoms with Gasteiger partial charge in [-0.3, -0.25) is 4.40 Å². The van der Waals surface area contributed by atoms with Gasteiger partial charge in [0.05, 0.1) is 30.9 Å². The number of nitrogens with zero attached hydrogens (tertiary/aromatic N) is 5. The Balaban J connectivity index is 1.53. The van der Waals surface area contributed by atoms with Crippen LogP contribution in [0.3, 0.4) is 0 Å². The molecular formula is C19H19N5O2S. The Bertz CT molecular complexity index is 1120. The van der Waals surface area contributed by atoms with E-state index in [-0.39, 0.29) is 0 Å². The van der Waals surface area contributed by atoms with Crippen molar-refractivity contribution in [3.05, 3.63) is 58.7 Å². The van der Waals surface area contributed by atoms with Crippen molar-refractivity contribution < 1.29 is 9.84 Å². The van der Waals surface area contributed by atoms with Gasteiger partial charge in [-0.15, -0.1) is 16.4 Å². The molecule has 3 aromatic heterocycles. The minimum absolute atomic E-state index is 0.528. The number of imidazole rings is 1. The summed E-state index contributed by atoms with van der Waals surface area (Å²) in [5, 5.41) is 19.6. The number of methoxy groups -OCH3 is 1. The lowest BCUT2D eigenvalue weighted by Crippen LogP contribution is -2.06. The van der Waals surface area contributed by atoms with Crippen molar-refractivity contribution in [1.29, 1.82) is 0 Å². The van der Waals surface area contributed by atoms with Crippen molar-refractivity contribution in [2.24, 2.45) is 0 Å². The largest absolute Gasteiger partial charge is 0.497 e. The Hall–Kier alpha value is -2.71. The number of aliphatic hydroxyl groups is 1. The van der Waals surface area contributed by atoms with Gasteiger partial charge in [0.2, 0.25) is 0 Å². The van der Waals surface area contributed by atoms with Gasteiger partial charge in [-0.2, -0.15) is 0 Å². The third-order valence-corrected chi connectivity index (χ3v) is 6.25. The SMILES string of the molecule is COc1ccc(-n2cc(C(O)c3c(C4CC4)sc4cncn34)nn2)c(C)c1. The standard InChI is InChI=1S/C19H19N5O2S/c1-11-7-13(26-2)5-6-15(11)24-9-14(21-22-24)18(25)17-19(12-3-4-12)27-16-8-20-10-23(16)17/h5-10,12,18,25H,3-4H2,1-2H3. The number of rotatable bonds is 5. The fraction of sp³-hybridized carbons (Fsp3) is 0.316. The molecule has 0 aliphatic heterocycles. The van der Waals surface area contributed by atoms with Gasteiger partial charge < -0.3 is 9.84 Å². The van der Waals surface area contributed by atoms with Gasteiger partial charge in [-0.1, -0.05) is 5.21 Å². The Labute approximate surface area is 159 Å². The summed E-state index contributed by atoms with van der Waals surface area (Å²) in [7, 11) is 1.65. The third-order valence-electron chi connectivity index (χ3n) is 4.98. The van der Waals surface area contributed by atoms with Crippen LogP contribution >= 0.6 is 11.3 Å². The van der Waals surface area contributed by atoms with E-state index in [1.165, 1.54) is 17.7 Å². The van der Waals surface area contributed by atoms with Crippen molar-refractivity contribution in [1.82, 2.24) is 24.4 Å². The summed E-state index contributed by atoms with van der Waals surface area (Å²) < 4.78 is 8.93. The van der Waals surface area contributed by atoms with Crippen molar-refractivity contribution in [2.45, 2.75) is 31.8 Å². The Morgan fingerprint density at radius 1 is 1.33 bits per heavy atom. The van der Waals surface area contributed by atoms with E-state index < -0.39 is 6.10 Å². The quantitative estimate of drug-likeness (QED) is 0.574. The average molecular weight is 381 g/mol. The number of ether oxygens (including phenoxy) is 1. The molecule has 1 fully saturated rings. The fourth-order valence-electron chi connectivity index (χ4n) is 3.40. The number of hydrogen-bond donors (Lipinski definition) is 1. The molecule has 1 atom stereocenters. The molecule has 5 rings (SSSR count). The molecular weight excluding hydrogens is 362 g/mol. The molecule has 0 saturated heterocycles. The van der Waals surface area contributed by atoms with Gasteiger partial charge in [0.1, 0.15) is 28.7 Å². The van der Waals surface area contributed by atoms with Crippen molar-refractivity contribution in [3.8, 4) is 11.4 Å². The van der Waals surface area contributed by atoms with Crippen molar-refractivity contribution in [3.63, 3.8) is 0 Å². The molecule has 1 aromatic carbocycles. The number of aromatic nitrogens is 5. The van der Waals surface area contributed by atoms with E-state index >= 15 is 0 Å². The van der Waals surface area contributed by atoms with Crippen LogP contribution in [0.15, 0.2) is 36.9 Å². The van der Waals surface area contributed by atoms with Gasteiger partial charge in [-0.05, 0) is 49.4 Å². The number of hydrogen-bond acceptors (Lipinski definition) is 6. The molecule has 27 heavy (non-hydrogen) atoms. The molecule has 8 heteroatoms. The normalized spacial score (nSPS) is 15.4. The summed E-state index contributed by atoms with van der Waals surface area (Å²) in [5.41, 5.74) is 3.32. The summed E-state index contributed by atoms with van der Waals surface area (Å²) in [6, 6.07) is 5.78. The lowest BCUT2D eigenvalue weighted by atomic mass is 10.1. The first-order valence-corrected chi connectivity index (χ1v) is 9.67. The monoisotopic (exact) mass is 381 g/mol. The second-order valence-corrected chi connectivity index (χ2v) is 7.93. The van der Waals surface area contributed by atoms with Crippen LogP contribution in [0.5, 0.6) is 5.75 Å². The van der Waals surface area contributed by atoms with Gasteiger partial charge in [-0.25, -0.2) is 9.67 Å². The Morgan fingerprint density at radius 2 is 2.19 bits per heavy atom. The maximum absolute atomic E-state index is 11.1. The van der Waals surface area contributed by atoms with E-state index in [4.69, 9.17) is 4.74 Å². The zero-order valence-electron chi connectivity index (χ0n) is 15.0. The van der Waals surface area contributed by atoms with Crippen LogP contribution in [0.2, 0.25) is 0 Å². The lowest BCUT2D eigenvalue weighted by molar-refractivity contribution is 0.208. The van der Waals surface area contributed by atoms with Crippen LogP contribution < -0.4 is 4.74 Å². The van der Waals surface area contributed by atoms with Gasteiger partial charge in [0.25, 0.3) is 0 Å². The van der Waals surface area contributed by atoms with Crippen molar-refractivity contribution >= 4 is 16.2 Å². The maximum atomic E-state index is 11.1. The molecule has 1 aliphatic carbocycles. The van der Waals surface area contributed by atoms with Gasteiger partial charge in [0, 0.05) is 4.88 Å². The first-order chi connectivity index (χ1) is 13.2. The van der Waals surface area contributed by atoms with Crippen LogP contribution in [0.1, 0.15) is 46.7 Å². The highest BCUT2D eigenvalue weighted by molar-refractivity contribution is 7.17. The molecule has 3 heterocycles. The molecule has 1 unspecified atom stereocenters. The Morgan fingerprint density at radius 3 is 2.93 bits per heavy atom. The summed E-state index contributed by atoms with van der Waals surface area (Å²) in [4.78, 5) is 6.49. The second-order valence-electron chi connectivity index (χ2n) is 6.87. The van der Waals surface area contributed by atoms with E-state index in [2.05, 4.69) is 15.3 Å². The first kappa shape index (κ1) is 16.5. The van der Waals surface area contributed by atoms with E-state index in [0.29, 0.717) is 11.6 Å². The molecule has 1 N–H and O–H groups in total. The van der Waals surface area contributed by atoms with Gasteiger partial charge in [0.15, 0.2) is 0 Å².